The molecule has 2 rings (SSSR count). The first kappa shape index (κ1) is 23.3. The van der Waals surface area contributed by atoms with Crippen LogP contribution in [0.1, 0.15) is 66.9 Å². The number of ether oxygens (including phenoxy) is 3. The van der Waals surface area contributed by atoms with E-state index in [4.69, 9.17) is 14.2 Å². The van der Waals surface area contributed by atoms with Gasteiger partial charge in [-0.05, 0) is 91.5 Å². The van der Waals surface area contributed by atoms with Gasteiger partial charge in [-0.25, -0.2) is 0 Å². The maximum atomic E-state index is 6.27. The van der Waals surface area contributed by atoms with E-state index in [0.717, 1.165) is 36.3 Å². The van der Waals surface area contributed by atoms with Gasteiger partial charge >= 0.3 is 0 Å². The molecular weight excluding hydrogens is 360 g/mol. The molecule has 1 aromatic rings. The van der Waals surface area contributed by atoms with Crippen molar-refractivity contribution in [2.45, 2.75) is 90.6 Å². The first-order chi connectivity index (χ1) is 13.4. The highest BCUT2D eigenvalue weighted by Crippen LogP contribution is 2.39. The van der Waals surface area contributed by atoms with E-state index in [2.05, 4.69) is 46.1 Å². The summed E-state index contributed by atoms with van der Waals surface area (Å²) in [6, 6.07) is 6.05. The molecule has 1 atom stereocenters. The molecule has 1 aliphatic rings. The summed E-state index contributed by atoms with van der Waals surface area (Å²) in [4.78, 5) is 0. The van der Waals surface area contributed by atoms with Crippen LogP contribution in [-0.4, -0.2) is 22.9 Å². The summed E-state index contributed by atoms with van der Waals surface area (Å²) < 4.78 is 18.0. The Hall–Kier alpha value is -2.00. The second kappa shape index (κ2) is 8.79. The summed E-state index contributed by atoms with van der Waals surface area (Å²) in [5.74, 6) is 1.59. The van der Waals surface area contributed by atoms with Crippen molar-refractivity contribution >= 4 is 0 Å². The Balaban J connectivity index is 2.14. The van der Waals surface area contributed by atoms with Crippen LogP contribution in [-0.2, 0) is 11.2 Å². The lowest BCUT2D eigenvalue weighted by Crippen LogP contribution is -2.26. The average molecular weight is 399 g/mol. The molecule has 3 nitrogen and oxygen atoms in total. The molecule has 0 amide bonds. The van der Waals surface area contributed by atoms with Crippen molar-refractivity contribution in [3.05, 3.63) is 60.7 Å². The van der Waals surface area contributed by atoms with E-state index in [1.54, 1.807) is 6.08 Å². The SMILES string of the molecule is C=CC(C)(C)Oc1ccc(C/C=C(\C)CC[C@H]2OC2(C)C)c(OC(C)(C)C=C)c1. The minimum absolute atomic E-state index is 0.0621. The number of rotatable bonds is 11. The van der Waals surface area contributed by atoms with Crippen molar-refractivity contribution in [1.29, 1.82) is 0 Å². The predicted molar refractivity (Wildman–Crippen MR) is 122 cm³/mol. The fourth-order valence-electron chi connectivity index (χ4n) is 3.02. The highest BCUT2D eigenvalue weighted by Gasteiger charge is 2.46. The van der Waals surface area contributed by atoms with E-state index in [1.165, 1.54) is 5.57 Å². The van der Waals surface area contributed by atoms with Gasteiger partial charge in [-0.1, -0.05) is 30.9 Å². The largest absolute Gasteiger partial charge is 0.484 e. The Bertz CT molecular complexity index is 768. The third kappa shape index (κ3) is 7.08. The number of benzene rings is 1. The van der Waals surface area contributed by atoms with Crippen LogP contribution < -0.4 is 9.47 Å². The molecule has 3 heteroatoms. The Morgan fingerprint density at radius 3 is 2.24 bits per heavy atom. The van der Waals surface area contributed by atoms with Crippen LogP contribution >= 0.6 is 0 Å². The Labute approximate surface area is 177 Å². The van der Waals surface area contributed by atoms with E-state index in [0.29, 0.717) is 6.10 Å². The second-order valence-electron chi connectivity index (χ2n) is 9.59. The maximum absolute atomic E-state index is 6.27. The van der Waals surface area contributed by atoms with Crippen molar-refractivity contribution in [2.75, 3.05) is 0 Å². The van der Waals surface area contributed by atoms with Gasteiger partial charge in [-0.3, -0.25) is 0 Å². The van der Waals surface area contributed by atoms with Gasteiger partial charge in [-0.15, -0.1) is 0 Å². The molecular formula is C26H38O3. The number of epoxide rings is 1. The van der Waals surface area contributed by atoms with Crippen LogP contribution in [0.4, 0.5) is 0 Å². The van der Waals surface area contributed by atoms with Crippen molar-refractivity contribution in [2.24, 2.45) is 0 Å². The number of hydrogen-bond donors (Lipinski definition) is 0. The second-order valence-corrected chi connectivity index (χ2v) is 9.59. The summed E-state index contributed by atoms with van der Waals surface area (Å²) in [6.07, 6.45) is 9.23. The molecule has 0 saturated carbocycles. The normalized spacial score (nSPS) is 18.9. The van der Waals surface area contributed by atoms with Crippen LogP contribution in [0.2, 0.25) is 0 Å². The summed E-state index contributed by atoms with van der Waals surface area (Å²) in [7, 11) is 0. The smallest absolute Gasteiger partial charge is 0.127 e. The van der Waals surface area contributed by atoms with Crippen molar-refractivity contribution in [1.82, 2.24) is 0 Å². The highest BCUT2D eigenvalue weighted by atomic mass is 16.6. The van der Waals surface area contributed by atoms with Crippen LogP contribution in [0.3, 0.4) is 0 Å². The maximum Gasteiger partial charge on any atom is 0.127 e. The van der Waals surface area contributed by atoms with Crippen LogP contribution in [0.25, 0.3) is 0 Å². The average Bonchev–Trinajstić information content (AvgIpc) is 3.25. The molecule has 1 aromatic carbocycles. The molecule has 0 spiro atoms. The van der Waals surface area contributed by atoms with Crippen LogP contribution in [0.15, 0.2) is 55.2 Å². The molecule has 0 unspecified atom stereocenters. The van der Waals surface area contributed by atoms with E-state index < -0.39 is 11.2 Å². The van der Waals surface area contributed by atoms with Gasteiger partial charge in [0.25, 0.3) is 0 Å². The molecule has 0 aromatic heterocycles. The van der Waals surface area contributed by atoms with Gasteiger partial charge in [0.2, 0.25) is 0 Å². The lowest BCUT2D eigenvalue weighted by molar-refractivity contribution is 0.150. The topological polar surface area (TPSA) is 31.0 Å². The Kier molecular flexibility index (Phi) is 7.06. The molecule has 1 heterocycles. The van der Waals surface area contributed by atoms with E-state index in [1.807, 2.05) is 45.9 Å². The molecule has 1 saturated heterocycles. The standard InChI is InChI=1S/C26H38O3/c1-10-24(4,5)27-21-16-15-20(22(18-21)28-25(6,7)11-2)14-12-19(3)13-17-23-26(8,9)29-23/h10-12,15-16,18,23H,1-2,13-14,17H2,3-9H3/b19-12+/t23-/m1/s1. The molecule has 0 aliphatic carbocycles. The van der Waals surface area contributed by atoms with E-state index in [9.17, 15) is 0 Å². The molecule has 1 fully saturated rings. The molecule has 0 bridgehead atoms. The van der Waals surface area contributed by atoms with E-state index in [-0.39, 0.29) is 5.60 Å². The number of allylic oxidation sites excluding steroid dienone is 2. The van der Waals surface area contributed by atoms with Gasteiger partial charge in [0.1, 0.15) is 22.7 Å². The summed E-state index contributed by atoms with van der Waals surface area (Å²) in [5, 5.41) is 0. The highest BCUT2D eigenvalue weighted by molar-refractivity contribution is 5.43. The minimum atomic E-state index is -0.463. The fourth-order valence-corrected chi connectivity index (χ4v) is 3.02. The Morgan fingerprint density at radius 2 is 1.69 bits per heavy atom. The lowest BCUT2D eigenvalue weighted by Gasteiger charge is -2.26. The van der Waals surface area contributed by atoms with Crippen molar-refractivity contribution < 1.29 is 14.2 Å². The summed E-state index contributed by atoms with van der Waals surface area (Å²) >= 11 is 0. The molecule has 0 radical (unpaired) electrons. The van der Waals surface area contributed by atoms with Crippen LogP contribution in [0, 0.1) is 0 Å². The molecule has 1 aliphatic heterocycles. The zero-order valence-corrected chi connectivity index (χ0v) is 19.3. The van der Waals surface area contributed by atoms with Gasteiger partial charge in [0.15, 0.2) is 0 Å². The van der Waals surface area contributed by atoms with Gasteiger partial charge < -0.3 is 14.2 Å². The molecule has 29 heavy (non-hydrogen) atoms. The van der Waals surface area contributed by atoms with Crippen molar-refractivity contribution in [3.63, 3.8) is 0 Å². The Morgan fingerprint density at radius 1 is 1.10 bits per heavy atom. The van der Waals surface area contributed by atoms with Gasteiger partial charge in [-0.2, -0.15) is 0 Å². The monoisotopic (exact) mass is 398 g/mol. The fraction of sp³-hybridized carbons (Fsp3) is 0.538. The zero-order chi connectivity index (χ0) is 21.9. The first-order valence-corrected chi connectivity index (χ1v) is 10.5. The quantitative estimate of drug-likeness (QED) is 0.303. The third-order valence-corrected chi connectivity index (χ3v) is 5.41. The predicted octanol–water partition coefficient (Wildman–Crippen LogP) is 6.82. The van der Waals surface area contributed by atoms with E-state index >= 15 is 0 Å². The molecule has 160 valence electrons. The minimum Gasteiger partial charge on any atom is -0.484 e. The van der Waals surface area contributed by atoms with Gasteiger partial charge in [0.05, 0.1) is 11.7 Å². The third-order valence-electron chi connectivity index (χ3n) is 5.41. The molecule has 0 N–H and O–H groups in total. The van der Waals surface area contributed by atoms with Crippen LogP contribution in [0.5, 0.6) is 11.5 Å². The first-order valence-electron chi connectivity index (χ1n) is 10.5. The lowest BCUT2D eigenvalue weighted by atomic mass is 10.0. The summed E-state index contributed by atoms with van der Waals surface area (Å²) in [6.45, 7) is 22.2. The number of hydrogen-bond acceptors (Lipinski definition) is 3. The van der Waals surface area contributed by atoms with Gasteiger partial charge in [0, 0.05) is 6.07 Å². The summed E-state index contributed by atoms with van der Waals surface area (Å²) in [5.41, 5.74) is 1.66. The zero-order valence-electron chi connectivity index (χ0n) is 19.3. The van der Waals surface area contributed by atoms with Crippen molar-refractivity contribution in [3.8, 4) is 11.5 Å².